The van der Waals surface area contributed by atoms with E-state index in [-0.39, 0.29) is 0 Å². The van der Waals surface area contributed by atoms with Gasteiger partial charge < -0.3 is 15.2 Å². The molecular weight excluding hydrogens is 336 g/mol. The Kier molecular flexibility index (Phi) is 4.08. The van der Waals surface area contributed by atoms with Gasteiger partial charge in [0.15, 0.2) is 0 Å². The van der Waals surface area contributed by atoms with Crippen LogP contribution in [-0.2, 0) is 13.0 Å². The van der Waals surface area contributed by atoms with Gasteiger partial charge in [-0.1, -0.05) is 6.07 Å². The van der Waals surface area contributed by atoms with E-state index in [0.717, 1.165) is 67.5 Å². The first kappa shape index (κ1) is 16.7. The van der Waals surface area contributed by atoms with E-state index in [4.69, 9.17) is 9.97 Å². The quantitative estimate of drug-likeness (QED) is 0.733. The normalized spacial score (nSPS) is 20.1. The highest BCUT2D eigenvalue weighted by atomic mass is 15.2. The molecule has 2 aromatic heterocycles. The van der Waals surface area contributed by atoms with Crippen molar-refractivity contribution in [1.29, 1.82) is 0 Å². The maximum atomic E-state index is 4.89. The van der Waals surface area contributed by atoms with Crippen LogP contribution in [0.2, 0.25) is 0 Å². The first-order valence-electron chi connectivity index (χ1n) is 9.96. The van der Waals surface area contributed by atoms with Crippen molar-refractivity contribution in [3.05, 3.63) is 46.7 Å². The molecule has 27 heavy (non-hydrogen) atoms. The fraction of sp³-hybridized carbons (Fsp3) is 0.476. The lowest BCUT2D eigenvalue weighted by Gasteiger charge is -2.35. The predicted molar refractivity (Wildman–Crippen MR) is 107 cm³/mol. The van der Waals surface area contributed by atoms with Crippen LogP contribution >= 0.6 is 0 Å². The molecule has 0 unspecified atom stereocenters. The van der Waals surface area contributed by atoms with E-state index in [1.54, 1.807) is 0 Å². The van der Waals surface area contributed by atoms with Gasteiger partial charge in [-0.05, 0) is 57.4 Å². The standard InChI is InChI=1S/C21H26N6/c1-13-5-6-17-18(10-13)26-20(25-17)15-4-3-9-27(12-15)21-16-7-8-22-11-19(16)23-14(2)24-21/h5-6,10,15,22H,3-4,7-9,11-12H2,1-2H3,(H,25,26)/t15-/m1/s1. The number of hydrogen-bond donors (Lipinski definition) is 2. The highest BCUT2D eigenvalue weighted by Crippen LogP contribution is 2.32. The second-order valence-corrected chi connectivity index (χ2v) is 7.87. The SMILES string of the molecule is Cc1ccc2nc([C@@H]3CCCN(c4nc(C)nc5c4CCNC5)C3)[nH]c2c1. The Labute approximate surface area is 159 Å². The van der Waals surface area contributed by atoms with Crippen molar-refractivity contribution in [1.82, 2.24) is 25.3 Å². The smallest absolute Gasteiger partial charge is 0.135 e. The van der Waals surface area contributed by atoms with Crippen LogP contribution in [0.15, 0.2) is 18.2 Å². The summed E-state index contributed by atoms with van der Waals surface area (Å²) in [5, 5.41) is 3.43. The summed E-state index contributed by atoms with van der Waals surface area (Å²) in [7, 11) is 0. The third-order valence-electron chi connectivity index (χ3n) is 5.79. The molecule has 2 aliphatic heterocycles. The number of anilines is 1. The van der Waals surface area contributed by atoms with Crippen molar-refractivity contribution in [2.75, 3.05) is 24.5 Å². The molecule has 0 spiro atoms. The molecule has 2 aliphatic rings. The van der Waals surface area contributed by atoms with Gasteiger partial charge in [-0.3, -0.25) is 0 Å². The van der Waals surface area contributed by atoms with Crippen molar-refractivity contribution in [3.8, 4) is 0 Å². The molecule has 0 saturated carbocycles. The summed E-state index contributed by atoms with van der Waals surface area (Å²) in [6, 6.07) is 6.43. The number of aromatic nitrogens is 4. The van der Waals surface area contributed by atoms with Gasteiger partial charge >= 0.3 is 0 Å². The summed E-state index contributed by atoms with van der Waals surface area (Å²) >= 11 is 0. The fourth-order valence-corrected chi connectivity index (χ4v) is 4.45. The lowest BCUT2D eigenvalue weighted by atomic mass is 9.96. The molecule has 2 N–H and O–H groups in total. The average Bonchev–Trinajstić information content (AvgIpc) is 3.10. The van der Waals surface area contributed by atoms with Crippen molar-refractivity contribution in [2.24, 2.45) is 0 Å². The molecule has 6 heteroatoms. The number of fused-ring (bicyclic) bond motifs is 2. The van der Waals surface area contributed by atoms with Crippen LogP contribution in [0.1, 0.15) is 47.2 Å². The third-order valence-corrected chi connectivity index (χ3v) is 5.79. The molecule has 1 atom stereocenters. The van der Waals surface area contributed by atoms with Crippen LogP contribution in [-0.4, -0.2) is 39.6 Å². The Morgan fingerprint density at radius 3 is 3.00 bits per heavy atom. The van der Waals surface area contributed by atoms with Crippen LogP contribution in [0.25, 0.3) is 11.0 Å². The van der Waals surface area contributed by atoms with E-state index < -0.39 is 0 Å². The summed E-state index contributed by atoms with van der Waals surface area (Å²) < 4.78 is 0. The number of aryl methyl sites for hydroxylation is 2. The van der Waals surface area contributed by atoms with Crippen LogP contribution in [0.5, 0.6) is 0 Å². The molecule has 1 saturated heterocycles. The second-order valence-electron chi connectivity index (χ2n) is 7.87. The summed E-state index contributed by atoms with van der Waals surface area (Å²) in [6.45, 7) is 8.01. The van der Waals surface area contributed by atoms with Gasteiger partial charge in [0.05, 0.1) is 16.7 Å². The van der Waals surface area contributed by atoms with Gasteiger partial charge in [0.2, 0.25) is 0 Å². The van der Waals surface area contributed by atoms with Gasteiger partial charge in [0.25, 0.3) is 0 Å². The van der Waals surface area contributed by atoms with E-state index in [1.165, 1.54) is 23.2 Å². The third kappa shape index (κ3) is 3.08. The first-order valence-corrected chi connectivity index (χ1v) is 9.96. The zero-order valence-electron chi connectivity index (χ0n) is 16.0. The van der Waals surface area contributed by atoms with Crippen LogP contribution in [0, 0.1) is 13.8 Å². The predicted octanol–water partition coefficient (Wildman–Crippen LogP) is 3.00. The van der Waals surface area contributed by atoms with Crippen LogP contribution < -0.4 is 10.2 Å². The highest BCUT2D eigenvalue weighted by Gasteiger charge is 2.28. The second kappa shape index (κ2) is 6.60. The van der Waals surface area contributed by atoms with Crippen molar-refractivity contribution < 1.29 is 0 Å². The number of piperidine rings is 1. The average molecular weight is 362 g/mol. The zero-order chi connectivity index (χ0) is 18.4. The Hall–Kier alpha value is -2.47. The summed E-state index contributed by atoms with van der Waals surface area (Å²) in [5.41, 5.74) is 5.97. The lowest BCUT2D eigenvalue weighted by Crippen LogP contribution is -2.37. The number of hydrogen-bond acceptors (Lipinski definition) is 5. The van der Waals surface area contributed by atoms with Crippen molar-refractivity contribution >= 4 is 16.9 Å². The maximum absolute atomic E-state index is 4.89. The van der Waals surface area contributed by atoms with E-state index >= 15 is 0 Å². The molecule has 4 heterocycles. The van der Waals surface area contributed by atoms with E-state index in [9.17, 15) is 0 Å². The molecule has 6 nitrogen and oxygen atoms in total. The molecule has 3 aromatic rings. The Balaban J connectivity index is 1.46. The minimum Gasteiger partial charge on any atom is -0.356 e. The largest absolute Gasteiger partial charge is 0.356 e. The minimum absolute atomic E-state index is 0.416. The number of aromatic amines is 1. The lowest BCUT2D eigenvalue weighted by molar-refractivity contribution is 0.488. The van der Waals surface area contributed by atoms with Gasteiger partial charge in [-0.2, -0.15) is 0 Å². The molecular formula is C21H26N6. The van der Waals surface area contributed by atoms with Crippen molar-refractivity contribution in [2.45, 2.75) is 45.6 Å². The van der Waals surface area contributed by atoms with Gasteiger partial charge in [-0.25, -0.2) is 15.0 Å². The van der Waals surface area contributed by atoms with E-state index in [1.807, 2.05) is 6.92 Å². The highest BCUT2D eigenvalue weighted by molar-refractivity contribution is 5.76. The number of nitrogens with one attached hydrogen (secondary N) is 2. The number of nitrogens with zero attached hydrogens (tertiary/aromatic N) is 4. The van der Waals surface area contributed by atoms with Gasteiger partial charge in [-0.15, -0.1) is 0 Å². The molecule has 0 aliphatic carbocycles. The summed E-state index contributed by atoms with van der Waals surface area (Å²) in [5.74, 6) is 3.55. The number of benzene rings is 1. The Morgan fingerprint density at radius 2 is 2.07 bits per heavy atom. The molecule has 1 fully saturated rings. The summed E-state index contributed by atoms with van der Waals surface area (Å²) in [6.07, 6.45) is 3.34. The molecule has 0 bridgehead atoms. The minimum atomic E-state index is 0.416. The molecule has 1 aromatic carbocycles. The Bertz CT molecular complexity index is 992. The molecule has 5 rings (SSSR count). The van der Waals surface area contributed by atoms with Gasteiger partial charge in [0.1, 0.15) is 17.5 Å². The first-order chi connectivity index (χ1) is 13.2. The molecule has 140 valence electrons. The van der Waals surface area contributed by atoms with Crippen LogP contribution in [0.3, 0.4) is 0 Å². The topological polar surface area (TPSA) is 69.7 Å². The summed E-state index contributed by atoms with van der Waals surface area (Å²) in [4.78, 5) is 20.4. The zero-order valence-corrected chi connectivity index (χ0v) is 16.0. The van der Waals surface area contributed by atoms with Crippen molar-refractivity contribution in [3.63, 3.8) is 0 Å². The molecule has 0 amide bonds. The number of imidazole rings is 1. The fourth-order valence-electron chi connectivity index (χ4n) is 4.45. The van der Waals surface area contributed by atoms with E-state index in [2.05, 4.69) is 45.3 Å². The number of H-pyrrole nitrogens is 1. The van der Waals surface area contributed by atoms with E-state index in [0.29, 0.717) is 5.92 Å². The Morgan fingerprint density at radius 1 is 1.15 bits per heavy atom. The monoisotopic (exact) mass is 362 g/mol. The van der Waals surface area contributed by atoms with Gasteiger partial charge in [0, 0.05) is 31.1 Å². The maximum Gasteiger partial charge on any atom is 0.135 e. The van der Waals surface area contributed by atoms with Crippen LogP contribution in [0.4, 0.5) is 5.82 Å². The number of rotatable bonds is 2. The molecule has 0 radical (unpaired) electrons.